The molecule has 20 heavy (non-hydrogen) atoms. The Bertz CT molecular complexity index is 673. The number of thiazole rings is 1. The fourth-order valence-electron chi connectivity index (χ4n) is 1.44. The Morgan fingerprint density at radius 2 is 2.30 bits per heavy atom. The topological polar surface area (TPSA) is 111 Å². The zero-order valence-corrected chi connectivity index (χ0v) is 11.6. The summed E-state index contributed by atoms with van der Waals surface area (Å²) >= 11 is 7.04. The molecule has 0 aliphatic heterocycles. The fraction of sp³-hybridized carbons (Fsp3) is 0.0909. The van der Waals surface area contributed by atoms with E-state index in [9.17, 15) is 14.9 Å². The molecule has 0 saturated heterocycles. The van der Waals surface area contributed by atoms with E-state index in [-0.39, 0.29) is 22.9 Å². The van der Waals surface area contributed by atoms with Crippen molar-refractivity contribution in [3.8, 4) is 0 Å². The average Bonchev–Trinajstić information content (AvgIpc) is 2.87. The van der Waals surface area contributed by atoms with Crippen LogP contribution in [-0.2, 0) is 6.54 Å². The number of nitrogens with two attached hydrogens (primary N) is 1. The maximum absolute atomic E-state index is 11.9. The Hall–Kier alpha value is -2.03. The van der Waals surface area contributed by atoms with Crippen LogP contribution in [0.15, 0.2) is 23.6 Å². The standard InChI is InChI=1S/C11H9ClN4O3S/c12-7-3-6(1-2-9(7)16(18)19)14-11(17)8-5-20-10(4-13)15-8/h1-3,5H,4,13H2,(H,14,17). The van der Waals surface area contributed by atoms with Crippen molar-refractivity contribution in [3.63, 3.8) is 0 Å². The van der Waals surface area contributed by atoms with Gasteiger partial charge < -0.3 is 11.1 Å². The highest BCUT2D eigenvalue weighted by Gasteiger charge is 2.15. The second-order valence-electron chi connectivity index (χ2n) is 3.71. The summed E-state index contributed by atoms with van der Waals surface area (Å²) < 4.78 is 0. The summed E-state index contributed by atoms with van der Waals surface area (Å²) in [6.45, 7) is 0.265. The Morgan fingerprint density at radius 1 is 1.55 bits per heavy atom. The molecule has 0 saturated carbocycles. The molecule has 0 spiro atoms. The van der Waals surface area contributed by atoms with Crippen molar-refractivity contribution in [1.82, 2.24) is 4.98 Å². The first kappa shape index (κ1) is 14.4. The van der Waals surface area contributed by atoms with E-state index in [1.54, 1.807) is 5.38 Å². The molecule has 0 radical (unpaired) electrons. The number of rotatable bonds is 4. The van der Waals surface area contributed by atoms with Crippen LogP contribution < -0.4 is 11.1 Å². The predicted molar refractivity (Wildman–Crippen MR) is 76.1 cm³/mol. The number of hydrogen-bond donors (Lipinski definition) is 2. The molecule has 7 nitrogen and oxygen atoms in total. The first-order chi connectivity index (χ1) is 9.51. The first-order valence-electron chi connectivity index (χ1n) is 5.41. The summed E-state index contributed by atoms with van der Waals surface area (Å²) in [5.74, 6) is -0.425. The molecule has 1 aromatic heterocycles. The molecule has 1 heterocycles. The van der Waals surface area contributed by atoms with Crippen LogP contribution in [0, 0.1) is 10.1 Å². The number of nitro benzene ring substituents is 1. The van der Waals surface area contributed by atoms with E-state index in [2.05, 4.69) is 10.3 Å². The summed E-state index contributed by atoms with van der Waals surface area (Å²) in [5.41, 5.74) is 5.79. The molecule has 0 bridgehead atoms. The highest BCUT2D eigenvalue weighted by atomic mass is 35.5. The van der Waals surface area contributed by atoms with Crippen LogP contribution in [0.1, 0.15) is 15.5 Å². The zero-order chi connectivity index (χ0) is 14.7. The third kappa shape index (κ3) is 3.10. The second-order valence-corrected chi connectivity index (χ2v) is 5.06. The van der Waals surface area contributed by atoms with Crippen molar-refractivity contribution in [3.05, 3.63) is 49.4 Å². The van der Waals surface area contributed by atoms with E-state index in [1.807, 2.05) is 0 Å². The lowest BCUT2D eigenvalue weighted by molar-refractivity contribution is -0.384. The van der Waals surface area contributed by atoms with Crippen molar-refractivity contribution in [2.75, 3.05) is 5.32 Å². The molecular formula is C11H9ClN4O3S. The second kappa shape index (κ2) is 5.95. The minimum Gasteiger partial charge on any atom is -0.325 e. The summed E-state index contributed by atoms with van der Waals surface area (Å²) in [6.07, 6.45) is 0. The van der Waals surface area contributed by atoms with E-state index in [4.69, 9.17) is 17.3 Å². The maximum Gasteiger partial charge on any atom is 0.288 e. The Morgan fingerprint density at radius 3 is 2.85 bits per heavy atom. The van der Waals surface area contributed by atoms with Gasteiger partial charge in [-0.3, -0.25) is 14.9 Å². The monoisotopic (exact) mass is 312 g/mol. The van der Waals surface area contributed by atoms with Crippen molar-refractivity contribution >= 4 is 40.2 Å². The zero-order valence-electron chi connectivity index (χ0n) is 10.00. The van der Waals surface area contributed by atoms with E-state index in [0.717, 1.165) is 0 Å². The lowest BCUT2D eigenvalue weighted by Crippen LogP contribution is -2.12. The number of nitrogens with one attached hydrogen (secondary N) is 1. The minimum atomic E-state index is -0.595. The van der Waals surface area contributed by atoms with Gasteiger partial charge in [0.25, 0.3) is 11.6 Å². The predicted octanol–water partition coefficient (Wildman–Crippen LogP) is 2.42. The number of aromatic nitrogens is 1. The highest BCUT2D eigenvalue weighted by molar-refractivity contribution is 7.09. The van der Waals surface area contributed by atoms with Crippen LogP contribution in [0.5, 0.6) is 0 Å². The largest absolute Gasteiger partial charge is 0.325 e. The highest BCUT2D eigenvalue weighted by Crippen LogP contribution is 2.27. The fourth-order valence-corrected chi connectivity index (χ4v) is 2.34. The van der Waals surface area contributed by atoms with Crippen molar-refractivity contribution in [1.29, 1.82) is 0 Å². The number of nitro groups is 1. The molecule has 0 fully saturated rings. The Kier molecular flexibility index (Phi) is 4.28. The molecule has 2 aromatic rings. The third-order valence-electron chi connectivity index (χ3n) is 2.36. The summed E-state index contributed by atoms with van der Waals surface area (Å²) in [7, 11) is 0. The van der Waals surface area contributed by atoms with Gasteiger partial charge in [-0.05, 0) is 12.1 Å². The van der Waals surface area contributed by atoms with Crippen LogP contribution in [-0.4, -0.2) is 15.8 Å². The lowest BCUT2D eigenvalue weighted by atomic mass is 10.2. The molecule has 0 aliphatic carbocycles. The number of nitrogens with zero attached hydrogens (tertiary/aromatic N) is 2. The van der Waals surface area contributed by atoms with Crippen molar-refractivity contribution < 1.29 is 9.72 Å². The molecule has 2 rings (SSSR count). The molecule has 0 atom stereocenters. The number of carbonyl (C=O) groups is 1. The number of hydrogen-bond acceptors (Lipinski definition) is 6. The number of halogens is 1. The van der Waals surface area contributed by atoms with Gasteiger partial charge in [0.15, 0.2) is 0 Å². The average molecular weight is 313 g/mol. The van der Waals surface area contributed by atoms with E-state index in [0.29, 0.717) is 10.7 Å². The van der Waals surface area contributed by atoms with Gasteiger partial charge in [-0.1, -0.05) is 11.6 Å². The van der Waals surface area contributed by atoms with Crippen LogP contribution in [0.4, 0.5) is 11.4 Å². The van der Waals surface area contributed by atoms with Crippen LogP contribution >= 0.6 is 22.9 Å². The van der Waals surface area contributed by atoms with E-state index in [1.165, 1.54) is 29.5 Å². The molecule has 1 amide bonds. The van der Waals surface area contributed by atoms with Gasteiger partial charge >= 0.3 is 0 Å². The van der Waals surface area contributed by atoms with Crippen LogP contribution in [0.25, 0.3) is 0 Å². The van der Waals surface area contributed by atoms with E-state index < -0.39 is 10.8 Å². The number of amides is 1. The minimum absolute atomic E-state index is 0.0475. The maximum atomic E-state index is 11.9. The van der Waals surface area contributed by atoms with Crippen LogP contribution in [0.2, 0.25) is 5.02 Å². The van der Waals surface area contributed by atoms with Crippen molar-refractivity contribution in [2.45, 2.75) is 6.54 Å². The van der Waals surface area contributed by atoms with E-state index >= 15 is 0 Å². The van der Waals surface area contributed by atoms with Gasteiger partial charge in [-0.15, -0.1) is 11.3 Å². The van der Waals surface area contributed by atoms with Crippen molar-refractivity contribution in [2.24, 2.45) is 5.73 Å². The molecule has 9 heteroatoms. The molecular weight excluding hydrogens is 304 g/mol. The van der Waals surface area contributed by atoms with Gasteiger partial charge in [0, 0.05) is 23.7 Å². The molecule has 104 valence electrons. The normalized spacial score (nSPS) is 10.3. The smallest absolute Gasteiger partial charge is 0.288 e. The van der Waals surface area contributed by atoms with Crippen LogP contribution in [0.3, 0.4) is 0 Å². The number of benzene rings is 1. The first-order valence-corrected chi connectivity index (χ1v) is 6.67. The summed E-state index contributed by atoms with van der Waals surface area (Å²) in [5, 5.41) is 15.4. The lowest BCUT2D eigenvalue weighted by Gasteiger charge is -2.03. The quantitative estimate of drug-likeness (QED) is 0.665. The Balaban J connectivity index is 2.15. The van der Waals surface area contributed by atoms with Gasteiger partial charge in [-0.25, -0.2) is 4.98 Å². The van der Waals surface area contributed by atoms with Gasteiger partial charge in [0.05, 0.1) is 4.92 Å². The number of anilines is 1. The third-order valence-corrected chi connectivity index (χ3v) is 3.54. The molecule has 0 aliphatic rings. The summed E-state index contributed by atoms with van der Waals surface area (Å²) in [4.78, 5) is 26.0. The molecule has 1 aromatic carbocycles. The summed E-state index contributed by atoms with van der Waals surface area (Å²) in [6, 6.07) is 3.94. The molecule has 0 unspecified atom stereocenters. The number of carbonyl (C=O) groups excluding carboxylic acids is 1. The van der Waals surface area contributed by atoms with Gasteiger partial charge in [-0.2, -0.15) is 0 Å². The van der Waals surface area contributed by atoms with Gasteiger partial charge in [0.2, 0.25) is 0 Å². The Labute approximate surface area is 122 Å². The van der Waals surface area contributed by atoms with Gasteiger partial charge in [0.1, 0.15) is 15.7 Å². The molecule has 3 N–H and O–H groups in total. The SMILES string of the molecule is NCc1nc(C(=O)Nc2ccc([N+](=O)[O-])c(Cl)c2)cs1.